The molecule has 1 atom stereocenters. The summed E-state index contributed by atoms with van der Waals surface area (Å²) in [5.74, 6) is 0.425. The van der Waals surface area contributed by atoms with Gasteiger partial charge < -0.3 is 4.42 Å². The van der Waals surface area contributed by atoms with Crippen LogP contribution in [0, 0.1) is 0 Å². The van der Waals surface area contributed by atoms with Gasteiger partial charge in [-0.05, 0) is 25.1 Å². The van der Waals surface area contributed by atoms with Gasteiger partial charge in [-0.1, -0.05) is 39.3 Å². The molecule has 2 aromatic rings. The first-order valence-electron chi connectivity index (χ1n) is 8.42. The summed E-state index contributed by atoms with van der Waals surface area (Å²) >= 11 is 5.88. The normalized spacial score (nSPS) is 14.5. The molecule has 1 aromatic heterocycles. The smallest absolute Gasteiger partial charge is 0.416 e. The zero-order chi connectivity index (χ0) is 21.5. The standard InChI is InChI=1S/C17H21ClF3N3O3S/c1-6-24(10(2)14-22-23-15(27-14)16(3,4)5)28(25,26)13-8-7-11(9-12(13)18)17(19,20)21/h7-10H,6H2,1-5H3. The van der Waals surface area contributed by atoms with E-state index < -0.39 is 43.1 Å². The Bertz CT molecular complexity index is 953. The van der Waals surface area contributed by atoms with Crippen LogP contribution < -0.4 is 0 Å². The van der Waals surface area contributed by atoms with Crippen molar-refractivity contribution in [2.45, 2.75) is 57.1 Å². The highest BCUT2D eigenvalue weighted by molar-refractivity contribution is 7.89. The zero-order valence-corrected chi connectivity index (χ0v) is 17.6. The molecule has 0 radical (unpaired) electrons. The van der Waals surface area contributed by atoms with Crippen LogP contribution in [-0.2, 0) is 21.6 Å². The van der Waals surface area contributed by atoms with E-state index in [0.29, 0.717) is 18.0 Å². The number of hydrogen-bond donors (Lipinski definition) is 0. The van der Waals surface area contributed by atoms with E-state index in [1.165, 1.54) is 0 Å². The molecule has 1 aromatic carbocycles. The van der Waals surface area contributed by atoms with E-state index in [-0.39, 0.29) is 12.4 Å². The molecule has 0 bridgehead atoms. The quantitative estimate of drug-likeness (QED) is 0.668. The highest BCUT2D eigenvalue weighted by Crippen LogP contribution is 2.36. The Hall–Kier alpha value is -1.65. The van der Waals surface area contributed by atoms with Gasteiger partial charge in [0, 0.05) is 12.0 Å². The number of benzene rings is 1. The Morgan fingerprint density at radius 2 is 1.82 bits per heavy atom. The van der Waals surface area contributed by atoms with Gasteiger partial charge in [0.2, 0.25) is 21.8 Å². The van der Waals surface area contributed by atoms with Gasteiger partial charge in [0.15, 0.2) is 0 Å². The molecule has 0 aliphatic carbocycles. The van der Waals surface area contributed by atoms with Crippen molar-refractivity contribution < 1.29 is 26.0 Å². The Balaban J connectivity index is 2.43. The van der Waals surface area contributed by atoms with Crippen LogP contribution in [0.3, 0.4) is 0 Å². The van der Waals surface area contributed by atoms with Crippen LogP contribution in [0.1, 0.15) is 58.0 Å². The van der Waals surface area contributed by atoms with Crippen molar-refractivity contribution in [3.63, 3.8) is 0 Å². The number of sulfonamides is 1. The lowest BCUT2D eigenvalue weighted by molar-refractivity contribution is -0.137. The average molecular weight is 440 g/mol. The summed E-state index contributed by atoms with van der Waals surface area (Å²) in [7, 11) is -4.21. The topological polar surface area (TPSA) is 76.3 Å². The summed E-state index contributed by atoms with van der Waals surface area (Å²) in [6.45, 7) is 8.77. The molecule has 11 heteroatoms. The minimum atomic E-state index is -4.63. The van der Waals surface area contributed by atoms with Crippen molar-refractivity contribution >= 4 is 21.6 Å². The number of alkyl halides is 3. The summed E-state index contributed by atoms with van der Waals surface area (Å²) in [5.41, 5.74) is -1.45. The number of aromatic nitrogens is 2. The predicted molar refractivity (Wildman–Crippen MR) is 97.4 cm³/mol. The fraction of sp³-hybridized carbons (Fsp3) is 0.529. The van der Waals surface area contributed by atoms with Crippen molar-refractivity contribution in [1.82, 2.24) is 14.5 Å². The largest absolute Gasteiger partial charge is 0.423 e. The molecular weight excluding hydrogens is 419 g/mol. The molecule has 2 rings (SSSR count). The summed E-state index contributed by atoms with van der Waals surface area (Å²) in [6.07, 6.45) is -4.63. The summed E-state index contributed by atoms with van der Waals surface area (Å²) < 4.78 is 71.2. The molecule has 1 heterocycles. The number of nitrogens with zero attached hydrogens (tertiary/aromatic N) is 3. The summed E-state index contributed by atoms with van der Waals surface area (Å²) in [5, 5.41) is 7.36. The van der Waals surface area contributed by atoms with E-state index in [4.69, 9.17) is 16.0 Å². The average Bonchev–Trinajstić information content (AvgIpc) is 3.04. The SMILES string of the molecule is CCN(C(C)c1nnc(C(C)(C)C)o1)S(=O)(=O)c1ccc(C(F)(F)F)cc1Cl. The van der Waals surface area contributed by atoms with E-state index in [0.717, 1.165) is 10.4 Å². The number of rotatable bonds is 5. The molecule has 0 N–H and O–H groups in total. The van der Waals surface area contributed by atoms with Crippen LogP contribution in [0.15, 0.2) is 27.5 Å². The van der Waals surface area contributed by atoms with Crippen molar-refractivity contribution in [2.24, 2.45) is 0 Å². The summed E-state index contributed by atoms with van der Waals surface area (Å²) in [6, 6.07) is 1.29. The van der Waals surface area contributed by atoms with Crippen LogP contribution in [0.25, 0.3) is 0 Å². The summed E-state index contributed by atoms with van der Waals surface area (Å²) in [4.78, 5) is -0.425. The monoisotopic (exact) mass is 439 g/mol. The van der Waals surface area contributed by atoms with Gasteiger partial charge in [0.25, 0.3) is 0 Å². The molecule has 0 amide bonds. The second-order valence-corrected chi connectivity index (χ2v) is 9.49. The molecule has 0 fully saturated rings. The molecule has 1 unspecified atom stereocenters. The van der Waals surface area contributed by atoms with Gasteiger partial charge >= 0.3 is 6.18 Å². The van der Waals surface area contributed by atoms with Crippen LogP contribution in [-0.4, -0.2) is 29.5 Å². The first-order valence-corrected chi connectivity index (χ1v) is 10.2. The first kappa shape index (κ1) is 22.6. The lowest BCUT2D eigenvalue weighted by atomic mass is 9.97. The maximum Gasteiger partial charge on any atom is 0.416 e. The third-order valence-corrected chi connectivity index (χ3v) is 6.56. The van der Waals surface area contributed by atoms with Gasteiger partial charge in [0.1, 0.15) is 10.9 Å². The van der Waals surface area contributed by atoms with E-state index in [1.54, 1.807) is 13.8 Å². The Kier molecular flexibility index (Phi) is 6.18. The fourth-order valence-electron chi connectivity index (χ4n) is 2.49. The molecule has 0 aliphatic rings. The highest BCUT2D eigenvalue weighted by Gasteiger charge is 2.36. The molecule has 0 saturated heterocycles. The van der Waals surface area contributed by atoms with Gasteiger partial charge in [-0.2, -0.15) is 17.5 Å². The number of hydrogen-bond acceptors (Lipinski definition) is 5. The van der Waals surface area contributed by atoms with Crippen molar-refractivity contribution in [1.29, 1.82) is 0 Å². The molecule has 28 heavy (non-hydrogen) atoms. The van der Waals surface area contributed by atoms with Crippen LogP contribution >= 0.6 is 11.6 Å². The van der Waals surface area contributed by atoms with Crippen molar-refractivity contribution in [3.8, 4) is 0 Å². The first-order chi connectivity index (χ1) is 12.7. The van der Waals surface area contributed by atoms with Gasteiger partial charge in [-0.25, -0.2) is 8.42 Å². The van der Waals surface area contributed by atoms with Gasteiger partial charge in [-0.15, -0.1) is 10.2 Å². The van der Waals surface area contributed by atoms with Crippen molar-refractivity contribution in [3.05, 3.63) is 40.6 Å². The fourth-order valence-corrected chi connectivity index (χ4v) is 4.61. The molecule has 156 valence electrons. The van der Waals surface area contributed by atoms with E-state index in [9.17, 15) is 21.6 Å². The van der Waals surface area contributed by atoms with Crippen molar-refractivity contribution in [2.75, 3.05) is 6.54 Å². The third-order valence-electron chi connectivity index (χ3n) is 4.03. The molecule has 6 nitrogen and oxygen atoms in total. The van der Waals surface area contributed by atoms with Crippen LogP contribution in [0.2, 0.25) is 5.02 Å². The molecular formula is C17H21ClF3N3O3S. The Labute approximate surface area is 166 Å². The minimum Gasteiger partial charge on any atom is -0.423 e. The van der Waals surface area contributed by atoms with E-state index in [2.05, 4.69) is 10.2 Å². The second kappa shape index (κ2) is 7.64. The molecule has 0 spiro atoms. The van der Waals surface area contributed by atoms with E-state index in [1.807, 2.05) is 20.8 Å². The third kappa shape index (κ3) is 4.49. The number of halogens is 4. The molecule has 0 saturated carbocycles. The minimum absolute atomic E-state index is 0.0219. The van der Waals surface area contributed by atoms with Crippen LogP contribution in [0.4, 0.5) is 13.2 Å². The maximum absolute atomic E-state index is 13.0. The maximum atomic E-state index is 13.0. The second-order valence-electron chi connectivity index (χ2n) is 7.22. The lowest BCUT2D eigenvalue weighted by Gasteiger charge is -2.25. The lowest BCUT2D eigenvalue weighted by Crippen LogP contribution is -2.34. The van der Waals surface area contributed by atoms with Gasteiger partial charge in [-0.3, -0.25) is 0 Å². The van der Waals surface area contributed by atoms with Crippen LogP contribution in [0.5, 0.6) is 0 Å². The highest BCUT2D eigenvalue weighted by atomic mass is 35.5. The predicted octanol–water partition coefficient (Wildman–Crippen LogP) is 4.81. The van der Waals surface area contributed by atoms with E-state index >= 15 is 0 Å². The molecule has 0 aliphatic heterocycles. The zero-order valence-electron chi connectivity index (χ0n) is 16.0. The van der Waals surface area contributed by atoms with Gasteiger partial charge in [0.05, 0.1) is 10.6 Å². The Morgan fingerprint density at radius 3 is 2.25 bits per heavy atom. The Morgan fingerprint density at radius 1 is 1.21 bits per heavy atom.